The molecule has 0 aliphatic carbocycles. The SMILES string of the molecule is COc1ccc(N2CCCN(C(=O)c3c(C)nn(-c4ccc(F)cc4)c3Cl)CC2)cc1. The third kappa shape index (κ3) is 4.37. The van der Waals surface area contributed by atoms with Crippen molar-refractivity contribution in [1.82, 2.24) is 14.7 Å². The van der Waals surface area contributed by atoms with E-state index in [1.54, 1.807) is 26.2 Å². The van der Waals surface area contributed by atoms with E-state index in [0.717, 1.165) is 30.9 Å². The zero-order chi connectivity index (χ0) is 22.0. The summed E-state index contributed by atoms with van der Waals surface area (Å²) in [4.78, 5) is 17.4. The second-order valence-corrected chi connectivity index (χ2v) is 7.83. The third-order valence-electron chi connectivity index (χ3n) is 5.51. The number of aryl methyl sites for hydroxylation is 1. The Bertz CT molecular complexity index is 1070. The van der Waals surface area contributed by atoms with Crippen molar-refractivity contribution in [2.45, 2.75) is 13.3 Å². The average Bonchev–Trinajstić information content (AvgIpc) is 2.95. The molecule has 1 amide bonds. The number of hydrogen-bond donors (Lipinski definition) is 0. The monoisotopic (exact) mass is 442 g/mol. The molecule has 6 nitrogen and oxygen atoms in total. The van der Waals surface area contributed by atoms with Gasteiger partial charge in [-0.15, -0.1) is 0 Å². The summed E-state index contributed by atoms with van der Waals surface area (Å²) in [6, 6.07) is 13.8. The first-order valence-electron chi connectivity index (χ1n) is 10.2. The van der Waals surface area contributed by atoms with Crippen molar-refractivity contribution in [1.29, 1.82) is 0 Å². The van der Waals surface area contributed by atoms with Crippen molar-refractivity contribution in [3.05, 3.63) is 70.8 Å². The van der Waals surface area contributed by atoms with Crippen LogP contribution in [0.1, 0.15) is 22.5 Å². The number of methoxy groups -OCH3 is 1. The lowest BCUT2D eigenvalue weighted by molar-refractivity contribution is 0.0766. The van der Waals surface area contributed by atoms with Gasteiger partial charge in [-0.05, 0) is 61.9 Å². The molecule has 2 heterocycles. The quantitative estimate of drug-likeness (QED) is 0.603. The van der Waals surface area contributed by atoms with Gasteiger partial charge in [0.15, 0.2) is 0 Å². The summed E-state index contributed by atoms with van der Waals surface area (Å²) in [6.07, 6.45) is 0.848. The Morgan fingerprint density at radius 1 is 1.00 bits per heavy atom. The smallest absolute Gasteiger partial charge is 0.258 e. The van der Waals surface area contributed by atoms with Crippen LogP contribution in [-0.4, -0.2) is 53.9 Å². The van der Waals surface area contributed by atoms with E-state index < -0.39 is 0 Å². The Hall–Kier alpha value is -3.06. The molecule has 0 atom stereocenters. The highest BCUT2D eigenvalue weighted by molar-refractivity contribution is 6.33. The fraction of sp³-hybridized carbons (Fsp3) is 0.304. The number of carbonyl (C=O) groups excluding carboxylic acids is 1. The Morgan fingerprint density at radius 3 is 2.35 bits per heavy atom. The molecule has 0 spiro atoms. The molecule has 1 aliphatic heterocycles. The van der Waals surface area contributed by atoms with Crippen LogP contribution in [0.3, 0.4) is 0 Å². The molecule has 0 bridgehead atoms. The average molecular weight is 443 g/mol. The minimum Gasteiger partial charge on any atom is -0.497 e. The van der Waals surface area contributed by atoms with Gasteiger partial charge in [0.2, 0.25) is 0 Å². The van der Waals surface area contributed by atoms with Gasteiger partial charge in [0.1, 0.15) is 16.7 Å². The second kappa shape index (κ2) is 8.98. The summed E-state index contributed by atoms with van der Waals surface area (Å²) in [7, 11) is 1.65. The minimum atomic E-state index is -0.342. The van der Waals surface area contributed by atoms with Crippen molar-refractivity contribution in [3.63, 3.8) is 0 Å². The first-order chi connectivity index (χ1) is 15.0. The summed E-state index contributed by atoms with van der Waals surface area (Å²) in [6.45, 7) is 4.57. The van der Waals surface area contributed by atoms with Gasteiger partial charge in [0.25, 0.3) is 5.91 Å². The van der Waals surface area contributed by atoms with Gasteiger partial charge >= 0.3 is 0 Å². The van der Waals surface area contributed by atoms with E-state index in [2.05, 4.69) is 10.00 Å². The van der Waals surface area contributed by atoms with Crippen LogP contribution in [0.4, 0.5) is 10.1 Å². The molecule has 4 rings (SSSR count). The van der Waals surface area contributed by atoms with Crippen LogP contribution >= 0.6 is 11.6 Å². The van der Waals surface area contributed by atoms with Crippen LogP contribution in [0, 0.1) is 12.7 Å². The van der Waals surface area contributed by atoms with E-state index in [1.165, 1.54) is 16.8 Å². The van der Waals surface area contributed by atoms with Gasteiger partial charge in [0.05, 0.1) is 24.1 Å². The standard InChI is InChI=1S/C23H24ClFN4O2/c1-16-21(22(24)29(26-16)19-6-4-17(25)5-7-19)23(30)28-13-3-12-27(14-15-28)18-8-10-20(31-2)11-9-18/h4-11H,3,12-15H2,1-2H3. The predicted octanol–water partition coefficient (Wildman–Crippen LogP) is 4.33. The molecule has 8 heteroatoms. The zero-order valence-corrected chi connectivity index (χ0v) is 18.3. The van der Waals surface area contributed by atoms with E-state index in [1.807, 2.05) is 29.2 Å². The van der Waals surface area contributed by atoms with Gasteiger partial charge in [-0.25, -0.2) is 9.07 Å². The Balaban J connectivity index is 1.51. The maximum absolute atomic E-state index is 13.3. The number of carbonyl (C=O) groups is 1. The number of hydrogen-bond acceptors (Lipinski definition) is 4. The Labute approximate surface area is 185 Å². The van der Waals surface area contributed by atoms with E-state index in [-0.39, 0.29) is 16.9 Å². The number of rotatable bonds is 4. The highest BCUT2D eigenvalue weighted by atomic mass is 35.5. The van der Waals surface area contributed by atoms with Gasteiger partial charge in [-0.2, -0.15) is 5.10 Å². The van der Waals surface area contributed by atoms with Crippen LogP contribution in [0.15, 0.2) is 48.5 Å². The molecule has 1 aromatic heterocycles. The first-order valence-corrected chi connectivity index (χ1v) is 10.5. The maximum atomic E-state index is 13.3. The van der Waals surface area contributed by atoms with Crippen molar-refractivity contribution in [3.8, 4) is 11.4 Å². The summed E-state index contributed by atoms with van der Waals surface area (Å²) in [5.41, 5.74) is 2.66. The maximum Gasteiger partial charge on any atom is 0.258 e. The van der Waals surface area contributed by atoms with Crippen molar-refractivity contribution in [2.75, 3.05) is 38.2 Å². The van der Waals surface area contributed by atoms with E-state index >= 15 is 0 Å². The van der Waals surface area contributed by atoms with Crippen LogP contribution < -0.4 is 9.64 Å². The number of halogens is 2. The molecular weight excluding hydrogens is 419 g/mol. The third-order valence-corrected chi connectivity index (χ3v) is 5.86. The van der Waals surface area contributed by atoms with Gasteiger partial charge in [-0.3, -0.25) is 4.79 Å². The first kappa shape index (κ1) is 21.2. The molecule has 1 fully saturated rings. The molecule has 1 aliphatic rings. The van der Waals surface area contributed by atoms with Gasteiger partial charge < -0.3 is 14.5 Å². The Kier molecular flexibility index (Phi) is 6.13. The highest BCUT2D eigenvalue weighted by Crippen LogP contribution is 2.26. The van der Waals surface area contributed by atoms with E-state index in [4.69, 9.17) is 16.3 Å². The number of nitrogens with zero attached hydrogens (tertiary/aromatic N) is 4. The lowest BCUT2D eigenvalue weighted by atomic mass is 10.2. The lowest BCUT2D eigenvalue weighted by Crippen LogP contribution is -2.35. The minimum absolute atomic E-state index is 0.132. The number of aromatic nitrogens is 2. The topological polar surface area (TPSA) is 50.6 Å². The molecule has 3 aromatic rings. The van der Waals surface area contributed by atoms with Crippen LogP contribution in [0.25, 0.3) is 5.69 Å². The van der Waals surface area contributed by atoms with Gasteiger partial charge in [-0.1, -0.05) is 11.6 Å². The van der Waals surface area contributed by atoms with Crippen molar-refractivity contribution >= 4 is 23.2 Å². The molecule has 0 unspecified atom stereocenters. The molecule has 0 saturated carbocycles. The molecule has 31 heavy (non-hydrogen) atoms. The zero-order valence-electron chi connectivity index (χ0n) is 17.5. The fourth-order valence-corrected chi connectivity index (χ4v) is 4.18. The van der Waals surface area contributed by atoms with Crippen molar-refractivity contribution in [2.24, 2.45) is 0 Å². The Morgan fingerprint density at radius 2 is 1.68 bits per heavy atom. The van der Waals surface area contributed by atoms with Crippen LogP contribution in [-0.2, 0) is 0 Å². The highest BCUT2D eigenvalue weighted by Gasteiger charge is 2.27. The molecule has 162 valence electrons. The molecule has 2 aromatic carbocycles. The molecular formula is C23H24ClFN4O2. The largest absolute Gasteiger partial charge is 0.497 e. The van der Waals surface area contributed by atoms with E-state index in [0.29, 0.717) is 30.0 Å². The van der Waals surface area contributed by atoms with E-state index in [9.17, 15) is 9.18 Å². The summed E-state index contributed by atoms with van der Waals surface area (Å²) in [5, 5.41) is 4.66. The summed E-state index contributed by atoms with van der Waals surface area (Å²) >= 11 is 6.55. The number of anilines is 1. The van der Waals surface area contributed by atoms with Crippen LogP contribution in [0.2, 0.25) is 5.15 Å². The summed E-state index contributed by atoms with van der Waals surface area (Å²) < 4.78 is 20.0. The summed E-state index contributed by atoms with van der Waals surface area (Å²) in [5.74, 6) is 0.345. The molecule has 0 radical (unpaired) electrons. The van der Waals surface area contributed by atoms with Gasteiger partial charge in [0, 0.05) is 31.9 Å². The number of amides is 1. The normalized spacial score (nSPS) is 14.5. The predicted molar refractivity (Wildman–Crippen MR) is 119 cm³/mol. The number of ether oxygens (including phenoxy) is 1. The van der Waals surface area contributed by atoms with Crippen molar-refractivity contribution < 1.29 is 13.9 Å². The molecule has 1 saturated heterocycles. The lowest BCUT2D eigenvalue weighted by Gasteiger charge is -2.24. The molecule has 0 N–H and O–H groups in total. The van der Waals surface area contributed by atoms with Crippen LogP contribution in [0.5, 0.6) is 5.75 Å². The fourth-order valence-electron chi connectivity index (χ4n) is 3.83. The number of benzene rings is 2. The second-order valence-electron chi connectivity index (χ2n) is 7.47.